The summed E-state index contributed by atoms with van der Waals surface area (Å²) in [6.07, 6.45) is 0.214. The molecule has 2 amide bonds. The van der Waals surface area contributed by atoms with Crippen LogP contribution in [-0.4, -0.2) is 60.6 Å². The maximum Gasteiger partial charge on any atom is 0.251 e. The lowest BCUT2D eigenvalue weighted by Crippen LogP contribution is -2.52. The average Bonchev–Trinajstić information content (AvgIpc) is 3.04. The molecule has 2 aromatic carbocycles. The maximum atomic E-state index is 13.0. The Labute approximate surface area is 170 Å². The van der Waals surface area contributed by atoms with E-state index >= 15 is 0 Å². The quantitative estimate of drug-likeness (QED) is 0.783. The van der Waals surface area contributed by atoms with Gasteiger partial charge in [-0.25, -0.2) is 4.90 Å². The Morgan fingerprint density at radius 3 is 2.17 bits per heavy atom. The zero-order valence-electron chi connectivity index (χ0n) is 16.5. The normalized spacial score (nSPS) is 20.4. The summed E-state index contributed by atoms with van der Waals surface area (Å²) in [7, 11) is 0. The highest BCUT2D eigenvalue weighted by Crippen LogP contribution is 2.28. The Balaban J connectivity index is 1.40. The van der Waals surface area contributed by atoms with Gasteiger partial charge in [-0.3, -0.25) is 14.5 Å². The minimum Gasteiger partial charge on any atom is -0.508 e. The molecular formula is C22H25N3O4. The van der Waals surface area contributed by atoms with Gasteiger partial charge in [0.05, 0.1) is 24.8 Å². The molecule has 152 valence electrons. The summed E-state index contributed by atoms with van der Waals surface area (Å²) >= 11 is 0. The molecule has 0 radical (unpaired) electrons. The van der Waals surface area contributed by atoms with Crippen molar-refractivity contribution in [2.75, 3.05) is 42.6 Å². The van der Waals surface area contributed by atoms with Gasteiger partial charge in [-0.05, 0) is 55.5 Å². The van der Waals surface area contributed by atoms with E-state index in [0.717, 1.165) is 24.5 Å². The van der Waals surface area contributed by atoms with Crippen LogP contribution in [-0.2, 0) is 9.59 Å². The van der Waals surface area contributed by atoms with E-state index in [0.29, 0.717) is 25.4 Å². The van der Waals surface area contributed by atoms with E-state index in [-0.39, 0.29) is 24.0 Å². The lowest BCUT2D eigenvalue weighted by Gasteiger charge is -2.38. The van der Waals surface area contributed by atoms with Gasteiger partial charge in [0.25, 0.3) is 5.91 Å². The van der Waals surface area contributed by atoms with E-state index in [1.807, 2.05) is 19.1 Å². The third kappa shape index (κ3) is 3.91. The van der Waals surface area contributed by atoms with Crippen molar-refractivity contribution in [1.82, 2.24) is 4.90 Å². The largest absolute Gasteiger partial charge is 0.508 e. The molecule has 4 rings (SSSR count). The number of carbonyl (C=O) groups is 2. The van der Waals surface area contributed by atoms with Gasteiger partial charge in [-0.1, -0.05) is 0 Å². The number of ether oxygens (including phenoxy) is 1. The summed E-state index contributed by atoms with van der Waals surface area (Å²) in [6.45, 7) is 5.44. The van der Waals surface area contributed by atoms with Crippen LogP contribution in [0.25, 0.3) is 0 Å². The van der Waals surface area contributed by atoms with E-state index in [2.05, 4.69) is 9.80 Å². The molecule has 2 heterocycles. The van der Waals surface area contributed by atoms with Crippen LogP contribution in [0.1, 0.15) is 13.3 Å². The van der Waals surface area contributed by atoms with E-state index in [1.54, 1.807) is 36.4 Å². The van der Waals surface area contributed by atoms with Crippen LogP contribution in [0, 0.1) is 0 Å². The molecule has 2 aliphatic rings. The summed E-state index contributed by atoms with van der Waals surface area (Å²) in [6, 6.07) is 13.8. The fourth-order valence-electron chi connectivity index (χ4n) is 3.99. The highest BCUT2D eigenvalue weighted by molar-refractivity contribution is 6.22. The number of aromatic hydroxyl groups is 1. The molecule has 0 unspecified atom stereocenters. The molecule has 2 aliphatic heterocycles. The van der Waals surface area contributed by atoms with Crippen LogP contribution in [0.15, 0.2) is 48.5 Å². The lowest BCUT2D eigenvalue weighted by molar-refractivity contribution is -0.123. The number of hydrogen-bond acceptors (Lipinski definition) is 6. The molecule has 29 heavy (non-hydrogen) atoms. The van der Waals surface area contributed by atoms with E-state index < -0.39 is 6.04 Å². The number of nitrogens with zero attached hydrogens (tertiary/aromatic N) is 3. The third-order valence-electron chi connectivity index (χ3n) is 5.50. The summed E-state index contributed by atoms with van der Waals surface area (Å²) < 4.78 is 5.43. The van der Waals surface area contributed by atoms with Crippen molar-refractivity contribution in [2.24, 2.45) is 0 Å². The number of carbonyl (C=O) groups excluding carboxylic acids is 2. The molecular weight excluding hydrogens is 370 g/mol. The Hall–Kier alpha value is -3.06. The van der Waals surface area contributed by atoms with E-state index in [9.17, 15) is 14.7 Å². The molecule has 2 aromatic rings. The average molecular weight is 395 g/mol. The number of phenols is 1. The fraction of sp³-hybridized carbons (Fsp3) is 0.364. The first kappa shape index (κ1) is 19.3. The predicted molar refractivity (Wildman–Crippen MR) is 110 cm³/mol. The molecule has 0 aromatic heterocycles. The van der Waals surface area contributed by atoms with Crippen LogP contribution in [0.3, 0.4) is 0 Å². The van der Waals surface area contributed by atoms with Crippen molar-refractivity contribution in [1.29, 1.82) is 0 Å². The van der Waals surface area contributed by atoms with Crippen molar-refractivity contribution in [3.05, 3.63) is 48.5 Å². The second kappa shape index (κ2) is 8.13. The van der Waals surface area contributed by atoms with Gasteiger partial charge in [0, 0.05) is 31.9 Å². The molecule has 2 fully saturated rings. The van der Waals surface area contributed by atoms with Gasteiger partial charge >= 0.3 is 0 Å². The van der Waals surface area contributed by atoms with Crippen LogP contribution in [0.2, 0.25) is 0 Å². The Kier molecular flexibility index (Phi) is 5.40. The topological polar surface area (TPSA) is 73.3 Å². The van der Waals surface area contributed by atoms with Gasteiger partial charge in [-0.15, -0.1) is 0 Å². The first-order valence-electron chi connectivity index (χ1n) is 9.94. The van der Waals surface area contributed by atoms with Crippen LogP contribution in [0.4, 0.5) is 11.4 Å². The number of anilines is 2. The van der Waals surface area contributed by atoms with E-state index in [1.165, 1.54) is 4.90 Å². The lowest BCUT2D eigenvalue weighted by atomic mass is 10.1. The molecule has 1 N–H and O–H groups in total. The van der Waals surface area contributed by atoms with Crippen LogP contribution >= 0.6 is 0 Å². The second-order valence-electron chi connectivity index (χ2n) is 7.25. The van der Waals surface area contributed by atoms with Crippen molar-refractivity contribution < 1.29 is 19.4 Å². The minimum absolute atomic E-state index is 0.155. The molecule has 7 heteroatoms. The van der Waals surface area contributed by atoms with Gasteiger partial charge < -0.3 is 14.7 Å². The number of piperazine rings is 1. The maximum absolute atomic E-state index is 13.0. The Morgan fingerprint density at radius 2 is 1.55 bits per heavy atom. The monoisotopic (exact) mass is 395 g/mol. The zero-order chi connectivity index (χ0) is 20.4. The summed E-state index contributed by atoms with van der Waals surface area (Å²) in [5.41, 5.74) is 1.64. The molecule has 0 spiro atoms. The number of imide groups is 1. The van der Waals surface area contributed by atoms with Crippen LogP contribution < -0.4 is 14.5 Å². The Morgan fingerprint density at radius 1 is 0.931 bits per heavy atom. The highest BCUT2D eigenvalue weighted by atomic mass is 16.5. The molecule has 0 bridgehead atoms. The Bertz CT molecular complexity index is 874. The minimum atomic E-state index is -0.406. The zero-order valence-corrected chi connectivity index (χ0v) is 16.5. The molecule has 1 atom stereocenters. The molecule has 2 saturated heterocycles. The smallest absolute Gasteiger partial charge is 0.251 e. The van der Waals surface area contributed by atoms with Gasteiger partial charge in [0.1, 0.15) is 11.5 Å². The fourth-order valence-corrected chi connectivity index (χ4v) is 3.99. The molecule has 0 saturated carbocycles. The van der Waals surface area contributed by atoms with Gasteiger partial charge in [0.2, 0.25) is 5.91 Å². The first-order chi connectivity index (χ1) is 14.1. The van der Waals surface area contributed by atoms with Crippen molar-refractivity contribution in [3.8, 4) is 11.5 Å². The second-order valence-corrected chi connectivity index (χ2v) is 7.25. The predicted octanol–water partition coefficient (Wildman–Crippen LogP) is 2.25. The van der Waals surface area contributed by atoms with E-state index in [4.69, 9.17) is 4.74 Å². The number of rotatable bonds is 5. The number of hydrogen-bond donors (Lipinski definition) is 1. The summed E-state index contributed by atoms with van der Waals surface area (Å²) in [5, 5.41) is 9.45. The van der Waals surface area contributed by atoms with Crippen molar-refractivity contribution >= 4 is 23.2 Å². The number of benzene rings is 2. The number of phenolic OH excluding ortho intramolecular Hbond substituents is 1. The van der Waals surface area contributed by atoms with Crippen LogP contribution in [0.5, 0.6) is 11.5 Å². The SMILES string of the molecule is CCOc1ccc(N2C(=O)C[C@H](N3CCN(c4ccc(O)cc4)CC3)C2=O)cc1. The van der Waals surface area contributed by atoms with Crippen molar-refractivity contribution in [3.63, 3.8) is 0 Å². The van der Waals surface area contributed by atoms with Gasteiger partial charge in [0.15, 0.2) is 0 Å². The number of amides is 2. The first-order valence-corrected chi connectivity index (χ1v) is 9.94. The third-order valence-corrected chi connectivity index (χ3v) is 5.50. The summed E-state index contributed by atoms with van der Waals surface area (Å²) in [4.78, 5) is 31.2. The van der Waals surface area contributed by atoms with Crippen molar-refractivity contribution in [2.45, 2.75) is 19.4 Å². The molecule has 7 nitrogen and oxygen atoms in total. The highest BCUT2D eigenvalue weighted by Gasteiger charge is 2.43. The molecule has 0 aliphatic carbocycles. The summed E-state index contributed by atoms with van der Waals surface area (Å²) in [5.74, 6) is 0.649. The standard InChI is InChI=1S/C22H25N3O4/c1-2-29-19-9-5-17(6-10-19)25-21(27)15-20(22(25)28)24-13-11-23(12-14-24)16-3-7-18(26)8-4-16/h3-10,20,26H,2,11-15H2,1H3/t20-/m0/s1. The van der Waals surface area contributed by atoms with Gasteiger partial charge in [-0.2, -0.15) is 0 Å².